The van der Waals surface area contributed by atoms with Crippen molar-refractivity contribution in [2.75, 3.05) is 32.2 Å². The molecule has 5 heteroatoms. The molecule has 1 aromatic rings. The first kappa shape index (κ1) is 13.8. The molecule has 2 heterocycles. The van der Waals surface area contributed by atoms with Gasteiger partial charge in [0.15, 0.2) is 5.79 Å². The Hall–Kier alpha value is -1.17. The molecule has 1 N–H and O–H groups in total. The first-order valence-corrected chi connectivity index (χ1v) is 7.18. The zero-order chi connectivity index (χ0) is 14.2. The van der Waals surface area contributed by atoms with Crippen LogP contribution < -0.4 is 4.90 Å². The monoisotopic (exact) mass is 278 g/mol. The lowest BCUT2D eigenvalue weighted by atomic mass is 9.79. The van der Waals surface area contributed by atoms with Crippen molar-refractivity contribution in [3.8, 4) is 0 Å². The fourth-order valence-corrected chi connectivity index (χ4v) is 3.02. The molecule has 1 aromatic heterocycles. The van der Waals surface area contributed by atoms with Crippen LogP contribution in [0.25, 0.3) is 0 Å². The Bertz CT molecular complexity index is 474. The molecular formula is C15H22N2O3. The molecule has 1 aliphatic carbocycles. The number of rotatable bonds is 2. The van der Waals surface area contributed by atoms with Crippen LogP contribution in [-0.4, -0.2) is 43.2 Å². The van der Waals surface area contributed by atoms with Crippen LogP contribution in [0.2, 0.25) is 0 Å². The number of hydrogen-bond acceptors (Lipinski definition) is 5. The molecule has 0 atom stereocenters. The molecule has 2 aliphatic rings. The van der Waals surface area contributed by atoms with E-state index in [1.54, 1.807) is 0 Å². The quantitative estimate of drug-likeness (QED) is 0.891. The van der Waals surface area contributed by atoms with Crippen molar-refractivity contribution in [1.29, 1.82) is 0 Å². The Morgan fingerprint density at radius 3 is 2.35 bits per heavy atom. The number of aliphatic hydroxyl groups is 1. The van der Waals surface area contributed by atoms with Crippen molar-refractivity contribution in [1.82, 2.24) is 4.98 Å². The number of ether oxygens (including phenoxy) is 2. The van der Waals surface area contributed by atoms with Gasteiger partial charge in [0, 0.05) is 26.9 Å². The van der Waals surface area contributed by atoms with Gasteiger partial charge in [-0.1, -0.05) is 6.07 Å². The predicted molar refractivity (Wildman–Crippen MR) is 75.6 cm³/mol. The summed E-state index contributed by atoms with van der Waals surface area (Å²) in [5, 5.41) is 10.9. The van der Waals surface area contributed by atoms with Crippen molar-refractivity contribution in [2.24, 2.45) is 0 Å². The van der Waals surface area contributed by atoms with E-state index < -0.39 is 11.4 Å². The zero-order valence-corrected chi connectivity index (χ0v) is 12.1. The second-order valence-corrected chi connectivity index (χ2v) is 5.91. The Balaban J connectivity index is 1.78. The molecule has 0 unspecified atom stereocenters. The minimum atomic E-state index is -0.868. The summed E-state index contributed by atoms with van der Waals surface area (Å²) in [6.07, 6.45) is 2.68. The predicted octanol–water partition coefficient (Wildman–Crippen LogP) is 1.65. The number of aromatic nitrogens is 1. The molecule has 1 saturated heterocycles. The minimum absolute atomic E-state index is 0.453. The maximum atomic E-state index is 10.9. The smallest absolute Gasteiger partial charge is 0.168 e. The highest BCUT2D eigenvalue weighted by molar-refractivity contribution is 5.38. The molecule has 3 rings (SSSR count). The van der Waals surface area contributed by atoms with Gasteiger partial charge < -0.3 is 19.5 Å². The highest BCUT2D eigenvalue weighted by atomic mass is 16.7. The lowest BCUT2D eigenvalue weighted by Crippen LogP contribution is -2.42. The lowest BCUT2D eigenvalue weighted by molar-refractivity contribution is -0.204. The van der Waals surface area contributed by atoms with E-state index >= 15 is 0 Å². The Kier molecular flexibility index (Phi) is 3.44. The van der Waals surface area contributed by atoms with Crippen molar-refractivity contribution in [2.45, 2.75) is 37.1 Å². The number of hydrogen-bond donors (Lipinski definition) is 1. The van der Waals surface area contributed by atoms with Gasteiger partial charge in [-0.3, -0.25) is 0 Å². The number of nitrogens with zero attached hydrogens (tertiary/aromatic N) is 2. The second-order valence-electron chi connectivity index (χ2n) is 5.91. The van der Waals surface area contributed by atoms with E-state index in [4.69, 9.17) is 9.47 Å². The van der Waals surface area contributed by atoms with E-state index in [2.05, 4.69) is 4.98 Å². The molecule has 1 spiro atoms. The molecule has 1 saturated carbocycles. The van der Waals surface area contributed by atoms with Crippen LogP contribution >= 0.6 is 0 Å². The second kappa shape index (κ2) is 4.98. The van der Waals surface area contributed by atoms with Gasteiger partial charge in [-0.2, -0.15) is 0 Å². The molecule has 0 amide bonds. The van der Waals surface area contributed by atoms with Gasteiger partial charge in [-0.15, -0.1) is 0 Å². The first-order chi connectivity index (χ1) is 9.53. The molecule has 0 radical (unpaired) electrons. The van der Waals surface area contributed by atoms with E-state index in [1.807, 2.05) is 37.2 Å². The minimum Gasteiger partial charge on any atom is -0.384 e. The van der Waals surface area contributed by atoms with Crippen LogP contribution in [0.4, 0.5) is 5.82 Å². The molecule has 2 fully saturated rings. The highest BCUT2D eigenvalue weighted by Gasteiger charge is 2.46. The summed E-state index contributed by atoms with van der Waals surface area (Å²) in [6.45, 7) is 1.32. The lowest BCUT2D eigenvalue weighted by Gasteiger charge is -2.40. The average Bonchev–Trinajstić information content (AvgIpc) is 2.92. The largest absolute Gasteiger partial charge is 0.384 e. The van der Waals surface area contributed by atoms with E-state index in [0.29, 0.717) is 26.1 Å². The fraction of sp³-hybridized carbons (Fsp3) is 0.667. The normalized spacial score (nSPS) is 23.9. The van der Waals surface area contributed by atoms with Crippen LogP contribution in [0.15, 0.2) is 18.2 Å². The third kappa shape index (κ3) is 2.41. The molecule has 5 nitrogen and oxygen atoms in total. The van der Waals surface area contributed by atoms with Crippen LogP contribution in [0.3, 0.4) is 0 Å². The Labute approximate surface area is 119 Å². The third-order valence-electron chi connectivity index (χ3n) is 4.32. The topological polar surface area (TPSA) is 54.8 Å². The molecule has 20 heavy (non-hydrogen) atoms. The van der Waals surface area contributed by atoms with Gasteiger partial charge in [-0.25, -0.2) is 4.98 Å². The van der Waals surface area contributed by atoms with Crippen molar-refractivity contribution >= 4 is 5.82 Å². The summed E-state index contributed by atoms with van der Waals surface area (Å²) in [5.74, 6) is 0.412. The number of anilines is 1. The van der Waals surface area contributed by atoms with Gasteiger partial charge in [-0.05, 0) is 25.0 Å². The standard InChI is InChI=1S/C15H22N2O3/c1-17(2)13-5-3-4-12(16-13)14(18)6-8-15(9-7-14)19-10-11-20-15/h3-5,18H,6-11H2,1-2H3. The summed E-state index contributed by atoms with van der Waals surface area (Å²) < 4.78 is 11.4. The van der Waals surface area contributed by atoms with Crippen molar-refractivity contribution < 1.29 is 14.6 Å². The van der Waals surface area contributed by atoms with Gasteiger partial charge in [0.25, 0.3) is 0 Å². The van der Waals surface area contributed by atoms with Crippen molar-refractivity contribution in [3.05, 3.63) is 23.9 Å². The highest BCUT2D eigenvalue weighted by Crippen LogP contribution is 2.44. The first-order valence-electron chi connectivity index (χ1n) is 7.18. The molecular weight excluding hydrogens is 256 g/mol. The SMILES string of the molecule is CN(C)c1cccc(C2(O)CCC3(CC2)OCCO3)n1. The molecule has 0 aromatic carbocycles. The van der Waals surface area contributed by atoms with Gasteiger partial charge in [0.2, 0.25) is 0 Å². The molecule has 0 bridgehead atoms. The van der Waals surface area contributed by atoms with E-state index in [9.17, 15) is 5.11 Å². The number of pyridine rings is 1. The molecule has 1 aliphatic heterocycles. The van der Waals surface area contributed by atoms with Gasteiger partial charge >= 0.3 is 0 Å². The van der Waals surface area contributed by atoms with Crippen LogP contribution in [0.1, 0.15) is 31.4 Å². The van der Waals surface area contributed by atoms with Crippen LogP contribution in [-0.2, 0) is 15.1 Å². The van der Waals surface area contributed by atoms with E-state index in [-0.39, 0.29) is 0 Å². The average molecular weight is 278 g/mol. The van der Waals surface area contributed by atoms with Gasteiger partial charge in [0.1, 0.15) is 11.4 Å². The molecule has 110 valence electrons. The summed E-state index contributed by atoms with van der Waals surface area (Å²) in [4.78, 5) is 6.52. The van der Waals surface area contributed by atoms with Gasteiger partial charge in [0.05, 0.1) is 18.9 Å². The fourth-order valence-electron chi connectivity index (χ4n) is 3.02. The third-order valence-corrected chi connectivity index (χ3v) is 4.32. The zero-order valence-electron chi connectivity index (χ0n) is 12.1. The summed E-state index contributed by atoms with van der Waals surface area (Å²) in [5.41, 5.74) is -0.122. The van der Waals surface area contributed by atoms with E-state index in [0.717, 1.165) is 24.4 Å². The van der Waals surface area contributed by atoms with Crippen LogP contribution in [0, 0.1) is 0 Å². The summed E-state index contributed by atoms with van der Waals surface area (Å²) in [6, 6.07) is 5.80. The van der Waals surface area contributed by atoms with Crippen LogP contribution in [0.5, 0.6) is 0 Å². The maximum Gasteiger partial charge on any atom is 0.168 e. The maximum absolute atomic E-state index is 10.9. The van der Waals surface area contributed by atoms with Crippen molar-refractivity contribution in [3.63, 3.8) is 0 Å². The Morgan fingerprint density at radius 1 is 1.10 bits per heavy atom. The van der Waals surface area contributed by atoms with E-state index in [1.165, 1.54) is 0 Å². The Morgan fingerprint density at radius 2 is 1.75 bits per heavy atom. The summed E-state index contributed by atoms with van der Waals surface area (Å²) in [7, 11) is 3.90. The summed E-state index contributed by atoms with van der Waals surface area (Å²) >= 11 is 0.